The summed E-state index contributed by atoms with van der Waals surface area (Å²) in [5, 5.41) is 18.6. The number of nitrogens with one attached hydrogen (secondary N) is 1. The first-order valence-corrected chi connectivity index (χ1v) is 9.78. The van der Waals surface area contributed by atoms with E-state index in [1.54, 1.807) is 17.6 Å². The molecule has 30 heavy (non-hydrogen) atoms. The Labute approximate surface area is 180 Å². The van der Waals surface area contributed by atoms with Crippen LogP contribution >= 0.6 is 12.4 Å². The van der Waals surface area contributed by atoms with E-state index in [0.29, 0.717) is 31.5 Å². The largest absolute Gasteiger partial charge is 0.487 e. The van der Waals surface area contributed by atoms with Crippen LogP contribution in [0.25, 0.3) is 0 Å². The molecule has 10 heteroatoms. The van der Waals surface area contributed by atoms with E-state index >= 15 is 0 Å². The van der Waals surface area contributed by atoms with Gasteiger partial charge in [0.2, 0.25) is 0 Å². The van der Waals surface area contributed by atoms with Crippen LogP contribution in [0.4, 0.5) is 8.78 Å². The molecule has 1 saturated heterocycles. The summed E-state index contributed by atoms with van der Waals surface area (Å²) in [6.45, 7) is -1.92. The third kappa shape index (κ3) is 5.72. The van der Waals surface area contributed by atoms with Crippen molar-refractivity contribution in [1.82, 2.24) is 10.4 Å². The van der Waals surface area contributed by atoms with Crippen LogP contribution in [0, 0.1) is 11.3 Å². The van der Waals surface area contributed by atoms with Crippen molar-refractivity contribution in [3.05, 3.63) is 23.8 Å². The number of hydrogen-bond donors (Lipinski definition) is 2. The van der Waals surface area contributed by atoms with Gasteiger partial charge in [0.25, 0.3) is 5.91 Å². The molecule has 1 heterocycles. The van der Waals surface area contributed by atoms with Crippen molar-refractivity contribution < 1.29 is 28.3 Å². The highest BCUT2D eigenvalue weighted by Gasteiger charge is 2.37. The highest BCUT2D eigenvalue weighted by molar-refractivity contribution is 5.85. The van der Waals surface area contributed by atoms with Gasteiger partial charge in [-0.3, -0.25) is 14.9 Å². The topological polar surface area (TPSA) is 94.8 Å². The van der Waals surface area contributed by atoms with Gasteiger partial charge in [-0.25, -0.2) is 5.48 Å². The molecule has 0 aromatic heterocycles. The lowest BCUT2D eigenvalue weighted by atomic mass is 9.74. The van der Waals surface area contributed by atoms with Gasteiger partial charge in [-0.15, -0.1) is 12.4 Å². The molecule has 3 rings (SSSR count). The molecule has 2 aliphatic rings. The molecule has 7 nitrogen and oxygen atoms in total. The van der Waals surface area contributed by atoms with E-state index in [0.717, 1.165) is 25.7 Å². The number of hydroxylamine groups is 1. The van der Waals surface area contributed by atoms with Crippen molar-refractivity contribution in [3.8, 4) is 17.6 Å². The van der Waals surface area contributed by atoms with Crippen LogP contribution in [0.5, 0.6) is 11.5 Å². The Morgan fingerprint density at radius 1 is 1.30 bits per heavy atom. The number of likely N-dealkylation sites (tertiary alicyclic amines) is 1. The Hall–Kier alpha value is -2.15. The number of alkyl halides is 2. The van der Waals surface area contributed by atoms with Crippen LogP contribution in [-0.4, -0.2) is 48.4 Å². The fraction of sp³-hybridized carbons (Fsp3) is 0.600. The molecule has 1 aliphatic carbocycles. The zero-order valence-electron chi connectivity index (χ0n) is 16.5. The quantitative estimate of drug-likeness (QED) is 0.493. The van der Waals surface area contributed by atoms with E-state index in [4.69, 9.17) is 9.94 Å². The molecule has 2 N–H and O–H groups in total. The summed E-state index contributed by atoms with van der Waals surface area (Å²) in [4.78, 5) is 13.2. The summed E-state index contributed by atoms with van der Waals surface area (Å²) in [6, 6.07) is 7.11. The lowest BCUT2D eigenvalue weighted by Crippen LogP contribution is -2.45. The Morgan fingerprint density at radius 3 is 2.53 bits per heavy atom. The van der Waals surface area contributed by atoms with E-state index in [-0.39, 0.29) is 36.6 Å². The van der Waals surface area contributed by atoms with Gasteiger partial charge in [0.1, 0.15) is 0 Å². The molecule has 1 aromatic carbocycles. The fourth-order valence-electron chi connectivity index (χ4n) is 4.07. The van der Waals surface area contributed by atoms with Gasteiger partial charge in [-0.1, -0.05) is 6.07 Å². The maximum Gasteiger partial charge on any atom is 0.387 e. The van der Waals surface area contributed by atoms with E-state index in [9.17, 15) is 18.8 Å². The van der Waals surface area contributed by atoms with Gasteiger partial charge >= 0.3 is 6.61 Å². The number of carbonyl (C=O) groups excluding carboxylic acids is 1. The van der Waals surface area contributed by atoms with E-state index in [1.807, 2.05) is 4.90 Å². The number of carbonyl (C=O) groups is 1. The van der Waals surface area contributed by atoms with Gasteiger partial charge < -0.3 is 9.47 Å². The van der Waals surface area contributed by atoms with Gasteiger partial charge in [-0.05, 0) is 56.2 Å². The second-order valence-electron chi connectivity index (χ2n) is 7.57. The molecule has 0 spiro atoms. The molecule has 0 atom stereocenters. The Morgan fingerprint density at radius 2 is 1.97 bits per heavy atom. The maximum absolute atomic E-state index is 12.8. The third-order valence-electron chi connectivity index (χ3n) is 5.72. The van der Waals surface area contributed by atoms with Crippen molar-refractivity contribution in [1.29, 1.82) is 5.26 Å². The van der Waals surface area contributed by atoms with E-state index < -0.39 is 17.9 Å². The predicted octanol–water partition coefficient (Wildman–Crippen LogP) is 3.39. The van der Waals surface area contributed by atoms with Crippen molar-refractivity contribution in [2.45, 2.75) is 56.7 Å². The molecule has 1 amide bonds. The van der Waals surface area contributed by atoms with E-state index in [1.165, 1.54) is 6.07 Å². The molecular formula is C20H26ClF2N3O4. The highest BCUT2D eigenvalue weighted by atomic mass is 35.5. The van der Waals surface area contributed by atoms with Gasteiger partial charge in [0.05, 0.1) is 24.1 Å². The Bertz CT molecular complexity index is 761. The van der Waals surface area contributed by atoms with Crippen molar-refractivity contribution in [2.75, 3.05) is 19.6 Å². The number of hydrogen-bond acceptors (Lipinski definition) is 6. The monoisotopic (exact) mass is 445 g/mol. The zero-order chi connectivity index (χ0) is 20.9. The number of nitrogens with zero attached hydrogens (tertiary/aromatic N) is 2. The summed E-state index contributed by atoms with van der Waals surface area (Å²) in [5.41, 5.74) is 1.50. The molecule has 1 aliphatic heterocycles. The molecule has 1 aromatic rings. The fourth-order valence-corrected chi connectivity index (χ4v) is 4.07. The minimum Gasteiger partial charge on any atom is -0.487 e. The summed E-state index contributed by atoms with van der Waals surface area (Å²) >= 11 is 0. The first-order valence-electron chi connectivity index (χ1n) is 9.78. The van der Waals surface area contributed by atoms with Crippen molar-refractivity contribution in [3.63, 3.8) is 0 Å². The standard InChI is InChI=1S/C20H25F2N3O4.ClH/c21-19(22)29-16-6-5-14(11-17(16)28-15-3-1-2-4-15)20(13-23)7-9-25(10-8-20)12-18(26)24-27;/h5-6,11,15,19,27H,1-4,7-10,12H2,(H,24,26);1H. The van der Waals surface area contributed by atoms with Crippen LogP contribution < -0.4 is 15.0 Å². The first-order chi connectivity index (χ1) is 14.0. The lowest BCUT2D eigenvalue weighted by Gasteiger charge is -2.37. The van der Waals surface area contributed by atoms with Crippen molar-refractivity contribution in [2.24, 2.45) is 0 Å². The number of ether oxygens (including phenoxy) is 2. The van der Waals surface area contributed by atoms with Gasteiger partial charge in [0, 0.05) is 13.1 Å². The molecule has 2 fully saturated rings. The number of piperidine rings is 1. The number of halogens is 3. The summed E-state index contributed by atoms with van der Waals surface area (Å²) in [6.07, 6.45) is 4.71. The highest BCUT2D eigenvalue weighted by Crippen LogP contribution is 2.41. The number of rotatable bonds is 7. The summed E-state index contributed by atoms with van der Waals surface area (Å²) in [5.74, 6) is -0.289. The van der Waals surface area contributed by atoms with Gasteiger partial charge in [-0.2, -0.15) is 14.0 Å². The molecule has 0 bridgehead atoms. The SMILES string of the molecule is Cl.N#CC1(c2ccc(OC(F)F)c(OC3CCCC3)c2)CCN(CC(=O)NO)CC1. The lowest BCUT2D eigenvalue weighted by molar-refractivity contribution is -0.130. The van der Waals surface area contributed by atoms with Crippen LogP contribution in [0.1, 0.15) is 44.1 Å². The second kappa shape index (κ2) is 10.8. The summed E-state index contributed by atoms with van der Waals surface area (Å²) < 4.78 is 36.2. The second-order valence-corrected chi connectivity index (χ2v) is 7.57. The average Bonchev–Trinajstić information content (AvgIpc) is 3.23. The Balaban J connectivity index is 0.00000320. The molecule has 0 radical (unpaired) electrons. The minimum atomic E-state index is -2.96. The van der Waals surface area contributed by atoms with E-state index in [2.05, 4.69) is 10.8 Å². The van der Waals surface area contributed by atoms with Crippen LogP contribution in [-0.2, 0) is 10.2 Å². The first kappa shape index (κ1) is 24.1. The normalized spacial score (nSPS) is 19.0. The minimum absolute atomic E-state index is 0. The number of nitriles is 1. The van der Waals surface area contributed by atoms with Crippen LogP contribution in [0.15, 0.2) is 18.2 Å². The number of amides is 1. The predicted molar refractivity (Wildman–Crippen MR) is 106 cm³/mol. The van der Waals surface area contributed by atoms with Crippen molar-refractivity contribution >= 4 is 18.3 Å². The zero-order valence-corrected chi connectivity index (χ0v) is 17.3. The summed E-state index contributed by atoms with van der Waals surface area (Å²) in [7, 11) is 0. The smallest absolute Gasteiger partial charge is 0.387 e. The third-order valence-corrected chi connectivity index (χ3v) is 5.72. The van der Waals surface area contributed by atoms with Crippen LogP contribution in [0.3, 0.4) is 0 Å². The Kier molecular flexibility index (Phi) is 8.65. The van der Waals surface area contributed by atoms with Crippen LogP contribution in [0.2, 0.25) is 0 Å². The average molecular weight is 446 g/mol. The van der Waals surface area contributed by atoms with Gasteiger partial charge in [0.15, 0.2) is 11.5 Å². The molecule has 0 unspecified atom stereocenters. The number of benzene rings is 1. The molecule has 166 valence electrons. The molecular weight excluding hydrogens is 420 g/mol. The maximum atomic E-state index is 12.8. The molecule has 1 saturated carbocycles.